The number of rotatable bonds is 4. The Hall–Kier alpha value is -1.93. The van der Waals surface area contributed by atoms with Crippen LogP contribution in [-0.2, 0) is 28.6 Å². The molecule has 5 aliphatic rings. The molecular formula is C27H38O8. The van der Waals surface area contributed by atoms with Crippen LogP contribution in [0.5, 0.6) is 0 Å². The molecule has 8 atom stereocenters. The minimum absolute atomic E-state index is 0.0221. The van der Waals surface area contributed by atoms with Gasteiger partial charge in [0.15, 0.2) is 0 Å². The van der Waals surface area contributed by atoms with Gasteiger partial charge >= 0.3 is 17.9 Å². The third kappa shape index (κ3) is 3.57. The van der Waals surface area contributed by atoms with Crippen LogP contribution in [0.1, 0.15) is 78.6 Å². The molecule has 0 aromatic heterocycles. The zero-order valence-corrected chi connectivity index (χ0v) is 21.0. The molecule has 0 saturated heterocycles. The van der Waals surface area contributed by atoms with Crippen molar-refractivity contribution in [3.05, 3.63) is 11.6 Å². The van der Waals surface area contributed by atoms with Gasteiger partial charge in [-0.3, -0.25) is 9.59 Å². The van der Waals surface area contributed by atoms with Crippen LogP contribution in [-0.4, -0.2) is 58.6 Å². The summed E-state index contributed by atoms with van der Waals surface area (Å²) in [6.07, 6.45) is 6.83. The molecule has 0 amide bonds. The van der Waals surface area contributed by atoms with E-state index in [1.807, 2.05) is 0 Å². The minimum atomic E-state index is -1.14. The van der Waals surface area contributed by atoms with E-state index in [1.165, 1.54) is 13.8 Å². The first-order valence-corrected chi connectivity index (χ1v) is 13.1. The quantitative estimate of drug-likeness (QED) is 0.456. The molecule has 5 rings (SSSR count). The monoisotopic (exact) mass is 490 g/mol. The lowest BCUT2D eigenvalue weighted by atomic mass is 9.41. The molecular weight excluding hydrogens is 452 g/mol. The number of ether oxygens (including phenoxy) is 3. The average molecular weight is 491 g/mol. The Balaban J connectivity index is 1.48. The molecule has 194 valence electrons. The average Bonchev–Trinajstić information content (AvgIpc) is 3.31. The van der Waals surface area contributed by atoms with Gasteiger partial charge in [0, 0.05) is 37.2 Å². The first-order chi connectivity index (χ1) is 16.4. The van der Waals surface area contributed by atoms with Gasteiger partial charge in [0.05, 0.1) is 17.8 Å². The van der Waals surface area contributed by atoms with Gasteiger partial charge in [-0.15, -0.1) is 0 Å². The van der Waals surface area contributed by atoms with Crippen molar-refractivity contribution in [3.63, 3.8) is 0 Å². The molecule has 1 heterocycles. The summed E-state index contributed by atoms with van der Waals surface area (Å²) in [7, 11) is 0. The van der Waals surface area contributed by atoms with Crippen LogP contribution in [0, 0.1) is 28.6 Å². The molecule has 8 nitrogen and oxygen atoms in total. The van der Waals surface area contributed by atoms with Crippen molar-refractivity contribution in [2.75, 3.05) is 13.2 Å². The number of esters is 3. The molecule has 6 unspecified atom stereocenters. The molecule has 8 heteroatoms. The second-order valence-electron chi connectivity index (χ2n) is 12.0. The molecule has 0 spiro atoms. The van der Waals surface area contributed by atoms with Crippen LogP contribution in [0.15, 0.2) is 11.6 Å². The Bertz CT molecular complexity index is 959. The number of hydrogen-bond donors (Lipinski definition) is 2. The van der Waals surface area contributed by atoms with E-state index in [-0.39, 0.29) is 53.8 Å². The fourth-order valence-corrected chi connectivity index (χ4v) is 9.03. The number of aliphatic hydroxyl groups is 2. The normalized spacial score (nSPS) is 46.5. The zero-order valence-electron chi connectivity index (χ0n) is 21.0. The molecule has 4 fully saturated rings. The van der Waals surface area contributed by atoms with E-state index in [1.54, 1.807) is 6.08 Å². The number of fused-ring (bicyclic) bond motifs is 5. The third-order valence-electron chi connectivity index (χ3n) is 10.6. The van der Waals surface area contributed by atoms with E-state index >= 15 is 0 Å². The van der Waals surface area contributed by atoms with E-state index in [2.05, 4.69) is 6.92 Å². The third-order valence-corrected chi connectivity index (χ3v) is 10.6. The summed E-state index contributed by atoms with van der Waals surface area (Å²) >= 11 is 0. The molecule has 35 heavy (non-hydrogen) atoms. The van der Waals surface area contributed by atoms with Crippen molar-refractivity contribution in [3.8, 4) is 0 Å². The van der Waals surface area contributed by atoms with E-state index in [4.69, 9.17) is 14.2 Å². The molecule has 0 bridgehead atoms. The van der Waals surface area contributed by atoms with Crippen molar-refractivity contribution in [1.82, 2.24) is 0 Å². The van der Waals surface area contributed by atoms with Crippen LogP contribution >= 0.6 is 0 Å². The molecule has 2 N–H and O–H groups in total. The first-order valence-electron chi connectivity index (χ1n) is 13.1. The highest BCUT2D eigenvalue weighted by Crippen LogP contribution is 2.70. The summed E-state index contributed by atoms with van der Waals surface area (Å²) < 4.78 is 16.3. The number of carbonyl (C=O) groups excluding carboxylic acids is 3. The summed E-state index contributed by atoms with van der Waals surface area (Å²) in [5, 5.41) is 24.5. The van der Waals surface area contributed by atoms with Crippen molar-refractivity contribution >= 4 is 17.9 Å². The molecule has 0 radical (unpaired) electrons. The standard InChI is InChI=1S/C27H38O8/c1-16(28)34-15-25-9-4-19(35-17(2)29)13-26(25,31)10-6-22-21(25)5-8-24(3)20(7-11-27(22,24)32)18-12-23(30)33-14-18/h12,19-22,31-32H,4-11,13-15H2,1-3H3/t19?,20?,21-,22+,24?,25?,26?,27?/m0/s1. The summed E-state index contributed by atoms with van der Waals surface area (Å²) in [6.45, 7) is 5.33. The summed E-state index contributed by atoms with van der Waals surface area (Å²) in [5.41, 5.74) is -2.18. The van der Waals surface area contributed by atoms with E-state index in [0.29, 0.717) is 45.1 Å². The maximum atomic E-state index is 12.4. The predicted molar refractivity (Wildman–Crippen MR) is 124 cm³/mol. The van der Waals surface area contributed by atoms with Gasteiger partial charge in [0.2, 0.25) is 0 Å². The van der Waals surface area contributed by atoms with Gasteiger partial charge in [-0.05, 0) is 74.7 Å². The molecule has 4 aliphatic carbocycles. The lowest BCUT2D eigenvalue weighted by Crippen LogP contribution is -2.69. The highest BCUT2D eigenvalue weighted by atomic mass is 16.5. The topological polar surface area (TPSA) is 119 Å². The molecule has 0 aromatic carbocycles. The fraction of sp³-hybridized carbons (Fsp3) is 0.815. The molecule has 4 saturated carbocycles. The van der Waals surface area contributed by atoms with Crippen LogP contribution in [0.2, 0.25) is 0 Å². The Morgan fingerprint density at radius 3 is 2.43 bits per heavy atom. The Labute approximate surface area is 206 Å². The number of hydrogen-bond acceptors (Lipinski definition) is 8. The van der Waals surface area contributed by atoms with Gasteiger partial charge in [-0.2, -0.15) is 0 Å². The SMILES string of the molecule is CC(=O)OCC12CCC(OC(C)=O)CC1(O)CC[C@@H]1[C@@H]2CCC2(C)C(C3=CC(=O)OC3)CCC12O. The van der Waals surface area contributed by atoms with Crippen molar-refractivity contribution < 1.29 is 38.8 Å². The molecule has 1 aliphatic heterocycles. The zero-order chi connectivity index (χ0) is 25.2. The Morgan fingerprint density at radius 1 is 1.03 bits per heavy atom. The van der Waals surface area contributed by atoms with Crippen LogP contribution in [0.25, 0.3) is 0 Å². The summed E-state index contributed by atoms with van der Waals surface area (Å²) in [4.78, 5) is 35.3. The van der Waals surface area contributed by atoms with Crippen LogP contribution in [0.4, 0.5) is 0 Å². The maximum Gasteiger partial charge on any atom is 0.331 e. The lowest BCUT2D eigenvalue weighted by molar-refractivity contribution is -0.271. The van der Waals surface area contributed by atoms with Crippen LogP contribution in [0.3, 0.4) is 0 Å². The largest absolute Gasteiger partial charge is 0.465 e. The van der Waals surface area contributed by atoms with Crippen molar-refractivity contribution in [2.24, 2.45) is 28.6 Å². The van der Waals surface area contributed by atoms with Gasteiger partial charge in [-0.1, -0.05) is 6.92 Å². The minimum Gasteiger partial charge on any atom is -0.465 e. The van der Waals surface area contributed by atoms with Gasteiger partial charge in [-0.25, -0.2) is 4.79 Å². The number of carbonyl (C=O) groups is 3. The van der Waals surface area contributed by atoms with Gasteiger partial charge in [0.25, 0.3) is 0 Å². The van der Waals surface area contributed by atoms with Gasteiger partial charge in [0.1, 0.15) is 12.7 Å². The molecule has 0 aromatic rings. The Morgan fingerprint density at radius 2 is 1.77 bits per heavy atom. The summed E-state index contributed by atoms with van der Waals surface area (Å²) in [6, 6.07) is 0. The van der Waals surface area contributed by atoms with E-state index < -0.39 is 16.6 Å². The maximum absolute atomic E-state index is 12.4. The number of cyclic esters (lactones) is 1. The lowest BCUT2D eigenvalue weighted by Gasteiger charge is -2.66. The fourth-order valence-electron chi connectivity index (χ4n) is 9.03. The van der Waals surface area contributed by atoms with Crippen molar-refractivity contribution in [1.29, 1.82) is 0 Å². The Kier molecular flexibility index (Phi) is 5.87. The van der Waals surface area contributed by atoms with E-state index in [0.717, 1.165) is 24.8 Å². The highest BCUT2D eigenvalue weighted by molar-refractivity contribution is 5.85. The highest BCUT2D eigenvalue weighted by Gasteiger charge is 2.71. The van der Waals surface area contributed by atoms with Crippen molar-refractivity contribution in [2.45, 2.75) is 95.9 Å². The second kappa shape index (κ2) is 8.30. The summed E-state index contributed by atoms with van der Waals surface area (Å²) in [5.74, 6) is -1.03. The predicted octanol–water partition coefficient (Wildman–Crippen LogP) is 2.83. The van der Waals surface area contributed by atoms with Crippen LogP contribution < -0.4 is 0 Å². The smallest absolute Gasteiger partial charge is 0.331 e. The van der Waals surface area contributed by atoms with Gasteiger partial charge < -0.3 is 24.4 Å². The first kappa shape index (κ1) is 24.8. The van der Waals surface area contributed by atoms with E-state index in [9.17, 15) is 24.6 Å². The second-order valence-corrected chi connectivity index (χ2v) is 12.0.